The molecule has 4 nitrogen and oxygen atoms in total. The van der Waals surface area contributed by atoms with E-state index in [-0.39, 0.29) is 5.60 Å². The van der Waals surface area contributed by atoms with E-state index in [1.807, 2.05) is 13.8 Å². The van der Waals surface area contributed by atoms with Crippen LogP contribution >= 0.6 is 0 Å². The first-order chi connectivity index (χ1) is 11.0. The number of likely N-dealkylation sites (tertiary alicyclic amines) is 2. The Morgan fingerprint density at radius 1 is 1.04 bits per heavy atom. The van der Waals surface area contributed by atoms with Gasteiger partial charge in [0.2, 0.25) is 0 Å². The van der Waals surface area contributed by atoms with Crippen molar-refractivity contribution in [3.63, 3.8) is 0 Å². The second-order valence-corrected chi connectivity index (χ2v) is 6.67. The fourth-order valence-corrected chi connectivity index (χ4v) is 2.94. The highest BCUT2D eigenvalue weighted by Gasteiger charge is 2.32. The summed E-state index contributed by atoms with van der Waals surface area (Å²) in [5.41, 5.74) is 0.135. The number of likely N-dealkylation sites (N-methyl/N-ethyl adjacent to an activating group) is 1. The van der Waals surface area contributed by atoms with Gasteiger partial charge in [-0.1, -0.05) is 34.6 Å². The molecule has 0 amide bonds. The van der Waals surface area contributed by atoms with Gasteiger partial charge in [0.15, 0.2) is 0 Å². The van der Waals surface area contributed by atoms with E-state index in [1.165, 1.54) is 45.4 Å². The molecule has 0 aliphatic carbocycles. The summed E-state index contributed by atoms with van der Waals surface area (Å²) in [4.78, 5) is 4.98. The maximum absolute atomic E-state index is 7.00. The molecule has 142 valence electrons. The number of hydrogen-bond acceptors (Lipinski definition) is 4. The Morgan fingerprint density at radius 3 is 1.87 bits per heavy atom. The van der Waals surface area contributed by atoms with Gasteiger partial charge in [0.05, 0.1) is 5.60 Å². The van der Waals surface area contributed by atoms with Gasteiger partial charge in [0.1, 0.15) is 0 Å². The average molecular weight is 333 g/mol. The monoisotopic (exact) mass is 332 g/mol. The van der Waals surface area contributed by atoms with Crippen molar-refractivity contribution in [2.24, 2.45) is 5.92 Å². The summed E-state index contributed by atoms with van der Waals surface area (Å²) in [6.07, 6.45) is 4.02. The molecular formula is C19H44N2O2. The van der Waals surface area contributed by atoms with Crippen LogP contribution in [-0.2, 0) is 4.74 Å². The van der Waals surface area contributed by atoms with Crippen LogP contribution in [0.15, 0.2) is 0 Å². The first-order valence-corrected chi connectivity index (χ1v) is 9.43. The van der Waals surface area contributed by atoms with E-state index in [4.69, 9.17) is 9.84 Å². The Morgan fingerprint density at radius 2 is 1.57 bits per heavy atom. The second-order valence-electron chi connectivity index (χ2n) is 6.67. The summed E-state index contributed by atoms with van der Waals surface area (Å²) in [5, 5.41) is 7.00. The van der Waals surface area contributed by atoms with Crippen molar-refractivity contribution in [2.45, 2.75) is 66.4 Å². The Hall–Kier alpha value is -0.160. The minimum absolute atomic E-state index is 0.135. The Kier molecular flexibility index (Phi) is 16.8. The molecule has 0 spiro atoms. The number of aliphatic hydroxyl groups is 1. The quantitative estimate of drug-likeness (QED) is 0.855. The van der Waals surface area contributed by atoms with Gasteiger partial charge in [-0.3, -0.25) is 0 Å². The summed E-state index contributed by atoms with van der Waals surface area (Å²) >= 11 is 0. The van der Waals surface area contributed by atoms with Crippen molar-refractivity contribution >= 4 is 0 Å². The van der Waals surface area contributed by atoms with E-state index in [1.54, 1.807) is 7.11 Å². The van der Waals surface area contributed by atoms with Crippen LogP contribution in [0.2, 0.25) is 0 Å². The molecule has 0 radical (unpaired) electrons. The smallest absolute Gasteiger partial charge is 0.0789 e. The fraction of sp³-hybridized carbons (Fsp3) is 1.00. The molecule has 23 heavy (non-hydrogen) atoms. The molecule has 1 atom stereocenters. The highest BCUT2D eigenvalue weighted by atomic mass is 16.5. The zero-order valence-corrected chi connectivity index (χ0v) is 17.2. The summed E-state index contributed by atoms with van der Waals surface area (Å²) < 4.78 is 5.39. The molecule has 2 rings (SSSR count). The van der Waals surface area contributed by atoms with Gasteiger partial charge in [0, 0.05) is 33.9 Å². The molecule has 1 N–H and O–H groups in total. The third kappa shape index (κ3) is 11.9. The van der Waals surface area contributed by atoms with Crippen molar-refractivity contribution in [1.29, 1.82) is 0 Å². The SMILES string of the molecule is CC.CC(C)CN1CCCC1.CCN1CCC(C)(OC)C1.CO. The van der Waals surface area contributed by atoms with Crippen molar-refractivity contribution in [3.8, 4) is 0 Å². The minimum Gasteiger partial charge on any atom is -0.400 e. The van der Waals surface area contributed by atoms with Gasteiger partial charge in [-0.25, -0.2) is 0 Å². The highest BCUT2D eigenvalue weighted by molar-refractivity contribution is 4.86. The number of nitrogens with zero attached hydrogens (tertiary/aromatic N) is 2. The first kappa shape index (κ1) is 25.1. The van der Waals surface area contributed by atoms with E-state index < -0.39 is 0 Å². The molecule has 0 saturated carbocycles. The lowest BCUT2D eigenvalue weighted by molar-refractivity contribution is 0.0153. The third-order valence-corrected chi connectivity index (χ3v) is 4.28. The number of hydrogen-bond donors (Lipinski definition) is 1. The lowest BCUT2D eigenvalue weighted by Gasteiger charge is -2.22. The van der Waals surface area contributed by atoms with Crippen LogP contribution in [0.3, 0.4) is 0 Å². The van der Waals surface area contributed by atoms with Gasteiger partial charge in [-0.05, 0) is 51.7 Å². The maximum atomic E-state index is 7.00. The lowest BCUT2D eigenvalue weighted by Crippen LogP contribution is -2.31. The van der Waals surface area contributed by atoms with Crippen LogP contribution < -0.4 is 0 Å². The molecule has 1 unspecified atom stereocenters. The average Bonchev–Trinajstić information content (AvgIpc) is 3.21. The van der Waals surface area contributed by atoms with E-state index >= 15 is 0 Å². The number of rotatable bonds is 4. The van der Waals surface area contributed by atoms with E-state index in [9.17, 15) is 0 Å². The number of aliphatic hydroxyl groups excluding tert-OH is 1. The number of ether oxygens (including phenoxy) is 1. The van der Waals surface area contributed by atoms with Crippen LogP contribution in [0.4, 0.5) is 0 Å². The van der Waals surface area contributed by atoms with Crippen molar-refractivity contribution < 1.29 is 9.84 Å². The molecule has 4 heteroatoms. The van der Waals surface area contributed by atoms with Crippen LogP contribution in [0, 0.1) is 5.92 Å². The zero-order valence-electron chi connectivity index (χ0n) is 17.2. The van der Waals surface area contributed by atoms with E-state index in [0.717, 1.165) is 26.1 Å². The van der Waals surface area contributed by atoms with Crippen LogP contribution in [-0.4, -0.2) is 74.0 Å². The lowest BCUT2D eigenvalue weighted by atomic mass is 10.1. The number of methoxy groups -OCH3 is 1. The van der Waals surface area contributed by atoms with Gasteiger partial charge in [-0.2, -0.15) is 0 Å². The van der Waals surface area contributed by atoms with Crippen molar-refractivity contribution in [2.75, 3.05) is 53.5 Å². The molecule has 2 aliphatic rings. The molecule has 2 heterocycles. The van der Waals surface area contributed by atoms with E-state index in [0.29, 0.717) is 0 Å². The second kappa shape index (κ2) is 15.4. The Balaban J connectivity index is 0. The fourth-order valence-electron chi connectivity index (χ4n) is 2.94. The van der Waals surface area contributed by atoms with Crippen LogP contribution in [0.5, 0.6) is 0 Å². The predicted molar refractivity (Wildman–Crippen MR) is 102 cm³/mol. The normalized spacial score (nSPS) is 24.3. The molecule has 2 aliphatic heterocycles. The molecular weight excluding hydrogens is 288 g/mol. The summed E-state index contributed by atoms with van der Waals surface area (Å²) in [7, 11) is 2.80. The van der Waals surface area contributed by atoms with Gasteiger partial charge >= 0.3 is 0 Å². The Bertz CT molecular complexity index is 244. The molecule has 0 aromatic rings. The molecule has 2 saturated heterocycles. The van der Waals surface area contributed by atoms with Gasteiger partial charge < -0.3 is 19.6 Å². The van der Waals surface area contributed by atoms with Gasteiger partial charge in [-0.15, -0.1) is 0 Å². The van der Waals surface area contributed by atoms with Crippen molar-refractivity contribution in [1.82, 2.24) is 9.80 Å². The van der Waals surface area contributed by atoms with E-state index in [2.05, 4.69) is 37.5 Å². The molecule has 2 fully saturated rings. The summed E-state index contributed by atoms with van der Waals surface area (Å²) in [6.45, 7) is 20.4. The van der Waals surface area contributed by atoms with Crippen LogP contribution in [0.1, 0.15) is 60.8 Å². The Labute approximate surface area is 146 Å². The topological polar surface area (TPSA) is 35.9 Å². The largest absolute Gasteiger partial charge is 0.400 e. The summed E-state index contributed by atoms with van der Waals surface area (Å²) in [5.74, 6) is 0.850. The molecule has 0 aromatic heterocycles. The van der Waals surface area contributed by atoms with Crippen molar-refractivity contribution in [3.05, 3.63) is 0 Å². The molecule has 0 bridgehead atoms. The standard InChI is InChI=1S/C8H17NO.C8H17N.C2H6.CH4O/c1-4-9-6-5-8(2,7-9)10-3;1-8(2)7-9-5-3-4-6-9;2*1-2/h4-7H2,1-3H3;8H,3-7H2,1-2H3;1-2H3;2H,1H3. The summed E-state index contributed by atoms with van der Waals surface area (Å²) in [6, 6.07) is 0. The zero-order chi connectivity index (χ0) is 18.3. The molecule has 0 aromatic carbocycles. The maximum Gasteiger partial charge on any atom is 0.0789 e. The predicted octanol–water partition coefficient (Wildman–Crippen LogP) is 3.49. The highest BCUT2D eigenvalue weighted by Crippen LogP contribution is 2.23. The minimum atomic E-state index is 0.135. The third-order valence-electron chi connectivity index (χ3n) is 4.28. The van der Waals surface area contributed by atoms with Crippen LogP contribution in [0.25, 0.3) is 0 Å². The van der Waals surface area contributed by atoms with Gasteiger partial charge in [0.25, 0.3) is 0 Å². The first-order valence-electron chi connectivity index (χ1n) is 9.43.